The molecule has 1 fully saturated rings. The summed E-state index contributed by atoms with van der Waals surface area (Å²) in [5.74, 6) is -0.352. The Hall–Kier alpha value is -2.18. The first-order valence-corrected chi connectivity index (χ1v) is 7.98. The third kappa shape index (κ3) is 2.34. The van der Waals surface area contributed by atoms with Crippen LogP contribution in [0.1, 0.15) is 23.3 Å². The molecule has 12 heteroatoms. The second kappa shape index (κ2) is 4.91. The number of fused-ring (bicyclic) bond motifs is 4. The molecule has 0 saturated carbocycles. The van der Waals surface area contributed by atoms with Gasteiger partial charge in [0, 0.05) is 26.7 Å². The van der Waals surface area contributed by atoms with Gasteiger partial charge in [-0.05, 0) is 0 Å². The van der Waals surface area contributed by atoms with Crippen molar-refractivity contribution in [2.45, 2.75) is 12.1 Å². The van der Waals surface area contributed by atoms with Gasteiger partial charge < -0.3 is 9.80 Å². The molecule has 1 saturated heterocycles. The van der Waals surface area contributed by atoms with Crippen LogP contribution in [0.3, 0.4) is 0 Å². The van der Waals surface area contributed by atoms with Crippen molar-refractivity contribution in [3.63, 3.8) is 0 Å². The summed E-state index contributed by atoms with van der Waals surface area (Å²) in [7, 11) is -0.143. The number of urea groups is 1. The summed E-state index contributed by atoms with van der Waals surface area (Å²) in [6.07, 6.45) is 1.45. The van der Waals surface area contributed by atoms with Crippen molar-refractivity contribution < 1.29 is 26.8 Å². The highest BCUT2D eigenvalue weighted by atomic mass is 32.3. The van der Waals surface area contributed by atoms with Crippen LogP contribution in [-0.2, 0) is 26.5 Å². The molecule has 0 radical (unpaired) electrons. The zero-order valence-corrected chi connectivity index (χ0v) is 13.4. The van der Waals surface area contributed by atoms with E-state index in [1.807, 2.05) is 0 Å². The van der Waals surface area contributed by atoms with Crippen LogP contribution in [0.25, 0.3) is 0 Å². The molecular formula is C11H15N5O6S. The fraction of sp³-hybridized carbons (Fsp3) is 0.545. The average Bonchev–Trinajstić information content (AvgIpc) is 2.93. The van der Waals surface area contributed by atoms with Gasteiger partial charge in [0.2, 0.25) is 0 Å². The number of amides is 3. The lowest BCUT2D eigenvalue weighted by Gasteiger charge is -2.31. The number of hydroxylamine groups is 2. The average molecular weight is 345 g/mol. The van der Waals surface area contributed by atoms with E-state index < -0.39 is 28.5 Å². The molecule has 0 aromatic carbocycles. The zero-order valence-electron chi connectivity index (χ0n) is 12.6. The van der Waals surface area contributed by atoms with Crippen molar-refractivity contribution in [1.82, 2.24) is 24.6 Å². The zero-order chi connectivity index (χ0) is 17.1. The number of hydrogen-bond acceptors (Lipinski definition) is 6. The number of aromatic nitrogens is 2. The van der Waals surface area contributed by atoms with E-state index >= 15 is 0 Å². The molecule has 3 heterocycles. The van der Waals surface area contributed by atoms with Crippen LogP contribution >= 0.6 is 0 Å². The molecule has 1 aromatic heterocycles. The predicted molar refractivity (Wildman–Crippen MR) is 74.0 cm³/mol. The number of hydrogen-bond donors (Lipinski definition) is 1. The highest BCUT2D eigenvalue weighted by Gasteiger charge is 2.54. The first-order chi connectivity index (χ1) is 10.6. The van der Waals surface area contributed by atoms with Crippen LogP contribution in [0.4, 0.5) is 4.79 Å². The van der Waals surface area contributed by atoms with Gasteiger partial charge in [0.05, 0.1) is 18.4 Å². The van der Waals surface area contributed by atoms with E-state index in [0.29, 0.717) is 16.3 Å². The predicted octanol–water partition coefficient (Wildman–Crippen LogP) is -0.924. The normalized spacial score (nSPS) is 23.2. The molecule has 126 valence electrons. The third-order valence-corrected chi connectivity index (χ3v) is 4.23. The summed E-state index contributed by atoms with van der Waals surface area (Å²) in [6.45, 7) is 0.0529. The van der Waals surface area contributed by atoms with Gasteiger partial charge in [-0.1, -0.05) is 0 Å². The van der Waals surface area contributed by atoms with Gasteiger partial charge in [0.25, 0.3) is 5.91 Å². The second-order valence-electron chi connectivity index (χ2n) is 5.52. The number of nitrogens with zero attached hydrogens (tertiary/aromatic N) is 5. The molecule has 1 N–H and O–H groups in total. The summed E-state index contributed by atoms with van der Waals surface area (Å²) < 4.78 is 36.7. The minimum Gasteiger partial charge on any atom is -0.347 e. The van der Waals surface area contributed by atoms with Crippen LogP contribution in [0.15, 0.2) is 6.20 Å². The molecule has 2 aliphatic heterocycles. The van der Waals surface area contributed by atoms with Crippen LogP contribution in [0, 0.1) is 0 Å². The first kappa shape index (κ1) is 15.7. The van der Waals surface area contributed by atoms with Gasteiger partial charge in [-0.3, -0.25) is 14.0 Å². The van der Waals surface area contributed by atoms with E-state index in [9.17, 15) is 18.0 Å². The summed E-state index contributed by atoms with van der Waals surface area (Å²) in [4.78, 5) is 27.5. The smallest absolute Gasteiger partial charge is 0.347 e. The Morgan fingerprint density at radius 1 is 1.48 bits per heavy atom. The van der Waals surface area contributed by atoms with E-state index in [4.69, 9.17) is 4.55 Å². The van der Waals surface area contributed by atoms with Gasteiger partial charge in [-0.25, -0.2) is 4.79 Å². The van der Waals surface area contributed by atoms with E-state index in [1.165, 1.54) is 20.7 Å². The highest BCUT2D eigenvalue weighted by Crippen LogP contribution is 2.44. The minimum atomic E-state index is -4.87. The van der Waals surface area contributed by atoms with Crippen molar-refractivity contribution in [2.75, 3.05) is 20.6 Å². The number of likely N-dealkylation sites (N-methyl/N-ethyl adjacent to an activating group) is 1. The topological polar surface area (TPSA) is 125 Å². The third-order valence-electron chi connectivity index (χ3n) is 3.88. The molecule has 11 nitrogen and oxygen atoms in total. The van der Waals surface area contributed by atoms with Crippen molar-refractivity contribution in [3.05, 3.63) is 17.5 Å². The van der Waals surface area contributed by atoms with Crippen molar-refractivity contribution in [1.29, 1.82) is 0 Å². The number of carbonyl (C=O) groups excluding carboxylic acids is 2. The van der Waals surface area contributed by atoms with E-state index in [2.05, 4.69) is 9.38 Å². The van der Waals surface area contributed by atoms with Gasteiger partial charge >= 0.3 is 16.4 Å². The molecular weight excluding hydrogens is 330 g/mol. The summed E-state index contributed by atoms with van der Waals surface area (Å²) >= 11 is 0. The maximum atomic E-state index is 12.5. The molecule has 1 aromatic rings. The Kier molecular flexibility index (Phi) is 3.35. The molecule has 2 atom stereocenters. The fourth-order valence-electron chi connectivity index (χ4n) is 2.92. The fourth-order valence-corrected chi connectivity index (χ4v) is 3.29. The van der Waals surface area contributed by atoms with Gasteiger partial charge in [0.1, 0.15) is 6.04 Å². The quantitative estimate of drug-likeness (QED) is 0.702. The Balaban J connectivity index is 2.11. The monoisotopic (exact) mass is 345 g/mol. The molecule has 2 unspecified atom stereocenters. The maximum absolute atomic E-state index is 12.5. The van der Waals surface area contributed by atoms with E-state index in [0.717, 1.165) is 0 Å². The molecule has 2 bridgehead atoms. The van der Waals surface area contributed by atoms with E-state index in [1.54, 1.807) is 21.1 Å². The largest absolute Gasteiger partial charge is 0.418 e. The van der Waals surface area contributed by atoms with Gasteiger partial charge in [-0.15, -0.1) is 4.28 Å². The van der Waals surface area contributed by atoms with Gasteiger partial charge in [0.15, 0.2) is 6.04 Å². The minimum absolute atomic E-state index is 0.0529. The van der Waals surface area contributed by atoms with Crippen LogP contribution in [0.5, 0.6) is 0 Å². The Labute approximate surface area is 131 Å². The molecule has 3 amide bonds. The number of carbonyl (C=O) groups is 2. The Morgan fingerprint density at radius 2 is 2.13 bits per heavy atom. The lowest BCUT2D eigenvalue weighted by Crippen LogP contribution is -2.44. The lowest BCUT2D eigenvalue weighted by molar-refractivity contribution is -0.133. The van der Waals surface area contributed by atoms with Crippen LogP contribution < -0.4 is 0 Å². The molecule has 23 heavy (non-hydrogen) atoms. The van der Waals surface area contributed by atoms with Crippen molar-refractivity contribution in [2.24, 2.45) is 7.05 Å². The first-order valence-electron chi connectivity index (χ1n) is 6.61. The lowest BCUT2D eigenvalue weighted by atomic mass is 9.97. The number of rotatable bonds is 3. The summed E-state index contributed by atoms with van der Waals surface area (Å²) in [6, 6.07) is -2.53. The molecule has 0 aliphatic carbocycles. The van der Waals surface area contributed by atoms with Crippen LogP contribution in [0.2, 0.25) is 0 Å². The van der Waals surface area contributed by atoms with Gasteiger partial charge in [-0.2, -0.15) is 18.6 Å². The summed E-state index contributed by atoms with van der Waals surface area (Å²) in [5.41, 5.74) is 0.980. The van der Waals surface area contributed by atoms with Crippen molar-refractivity contribution in [3.8, 4) is 0 Å². The SMILES string of the molecule is CN(C)C(=O)C1c2c(cnn2C)C2CN1C(=O)N2OS(=O)(=O)O. The van der Waals surface area contributed by atoms with E-state index in [-0.39, 0.29) is 12.5 Å². The standard InChI is InChI=1S/C11H15N5O6S/c1-13(2)10(17)9-8-6(4-12-14(8)3)7-5-15(9)11(18)16(7)22-23(19,20)21/h4,7,9H,5H2,1-3H3,(H,19,20,21). The maximum Gasteiger partial charge on any atom is 0.418 e. The van der Waals surface area contributed by atoms with Crippen molar-refractivity contribution >= 4 is 22.3 Å². The number of aryl methyl sites for hydroxylation is 1. The molecule has 0 spiro atoms. The molecule has 2 aliphatic rings. The Morgan fingerprint density at radius 3 is 2.70 bits per heavy atom. The molecule has 3 rings (SSSR count). The Bertz CT molecular complexity index is 787. The van der Waals surface area contributed by atoms with Crippen LogP contribution in [-0.4, -0.2) is 70.2 Å². The highest BCUT2D eigenvalue weighted by molar-refractivity contribution is 7.80. The summed E-state index contributed by atoms with van der Waals surface area (Å²) in [5, 5.41) is 4.63. The second-order valence-corrected chi connectivity index (χ2v) is 6.53.